The second-order valence-electron chi connectivity index (χ2n) is 9.41. The van der Waals surface area contributed by atoms with Crippen LogP contribution in [0.5, 0.6) is 0 Å². The van der Waals surface area contributed by atoms with Crippen molar-refractivity contribution in [1.82, 2.24) is 25.2 Å². The fourth-order valence-electron chi connectivity index (χ4n) is 5.35. The quantitative estimate of drug-likeness (QED) is 0.608. The lowest BCUT2D eigenvalue weighted by Crippen LogP contribution is -2.48. The van der Waals surface area contributed by atoms with Crippen LogP contribution in [-0.4, -0.2) is 65.0 Å². The van der Waals surface area contributed by atoms with E-state index in [9.17, 15) is 9.59 Å². The third-order valence-electron chi connectivity index (χ3n) is 7.35. The van der Waals surface area contributed by atoms with Crippen molar-refractivity contribution in [3.63, 3.8) is 0 Å². The number of amides is 1. The van der Waals surface area contributed by atoms with Gasteiger partial charge in [0.2, 0.25) is 0 Å². The van der Waals surface area contributed by atoms with Crippen molar-refractivity contribution in [3.8, 4) is 0 Å². The molecule has 0 saturated carbocycles. The van der Waals surface area contributed by atoms with Crippen molar-refractivity contribution in [3.05, 3.63) is 64.5 Å². The second-order valence-corrected chi connectivity index (χ2v) is 9.41. The summed E-state index contributed by atoms with van der Waals surface area (Å²) in [4.78, 5) is 41.1. The van der Waals surface area contributed by atoms with Crippen LogP contribution in [0.25, 0.3) is 10.9 Å². The van der Waals surface area contributed by atoms with Gasteiger partial charge in [0.15, 0.2) is 0 Å². The summed E-state index contributed by atoms with van der Waals surface area (Å²) in [5, 5.41) is 3.27. The number of likely N-dealkylation sites (tertiary alicyclic amines) is 1. The van der Waals surface area contributed by atoms with E-state index < -0.39 is 0 Å². The van der Waals surface area contributed by atoms with Gasteiger partial charge in [-0.2, -0.15) is 0 Å². The Balaban J connectivity index is 1.11. The van der Waals surface area contributed by atoms with Crippen molar-refractivity contribution in [2.24, 2.45) is 5.92 Å². The van der Waals surface area contributed by atoms with Gasteiger partial charge in [0, 0.05) is 32.6 Å². The number of fused-ring (bicyclic) bond motifs is 1. The Morgan fingerprint density at radius 3 is 2.53 bits per heavy atom. The number of hydrogen-bond acceptors (Lipinski definition) is 6. The first-order valence-electron chi connectivity index (χ1n) is 12.3. The van der Waals surface area contributed by atoms with E-state index in [1.54, 1.807) is 13.1 Å². The standard InChI is InChI=1S/C26H32N6O2/c1-27-26(34)23-7-6-20(17-28-23)32-14-10-19(11-15-32)31-12-8-18(9-13-31)16-24-29-22-5-3-2-4-21(22)25(33)30-24/h2-7,17-19H,8-16H2,1H3,(H,27,34)(H,29,30,33). The van der Waals surface area contributed by atoms with Crippen LogP contribution < -0.4 is 15.8 Å². The summed E-state index contributed by atoms with van der Waals surface area (Å²) in [5.74, 6) is 1.22. The molecule has 2 aliphatic rings. The molecule has 0 unspecified atom stereocenters. The number of H-pyrrole nitrogens is 1. The Kier molecular flexibility index (Phi) is 6.58. The van der Waals surface area contributed by atoms with E-state index in [1.807, 2.05) is 36.5 Å². The highest BCUT2D eigenvalue weighted by molar-refractivity contribution is 5.92. The van der Waals surface area contributed by atoms with E-state index in [1.165, 1.54) is 0 Å². The SMILES string of the molecule is CNC(=O)c1ccc(N2CCC(N3CCC(Cc4nc5ccccc5c(=O)[nH]4)CC3)CC2)cn1. The van der Waals surface area contributed by atoms with Gasteiger partial charge in [-0.15, -0.1) is 0 Å². The van der Waals surface area contributed by atoms with E-state index in [2.05, 4.69) is 25.1 Å². The number of piperidine rings is 2. The zero-order valence-corrected chi connectivity index (χ0v) is 19.7. The lowest BCUT2D eigenvalue weighted by molar-refractivity contribution is 0.0958. The zero-order chi connectivity index (χ0) is 23.5. The minimum Gasteiger partial charge on any atom is -0.370 e. The van der Waals surface area contributed by atoms with E-state index >= 15 is 0 Å². The molecule has 1 aromatic carbocycles. The van der Waals surface area contributed by atoms with Gasteiger partial charge in [-0.05, 0) is 69.0 Å². The molecule has 1 amide bonds. The van der Waals surface area contributed by atoms with E-state index in [4.69, 9.17) is 4.98 Å². The van der Waals surface area contributed by atoms with Crippen LogP contribution in [0.4, 0.5) is 5.69 Å². The molecule has 0 spiro atoms. The molecule has 5 rings (SSSR count). The summed E-state index contributed by atoms with van der Waals surface area (Å²) >= 11 is 0. The van der Waals surface area contributed by atoms with Crippen molar-refractivity contribution in [2.75, 3.05) is 38.1 Å². The minimum atomic E-state index is -0.156. The number of para-hydroxylation sites is 1. The zero-order valence-electron chi connectivity index (χ0n) is 19.7. The molecular weight excluding hydrogens is 428 g/mol. The van der Waals surface area contributed by atoms with Crippen LogP contribution in [0.1, 0.15) is 42.0 Å². The number of aromatic amines is 1. The molecule has 8 heteroatoms. The predicted octanol–water partition coefficient (Wildman–Crippen LogP) is 2.60. The number of carbonyl (C=O) groups is 1. The maximum atomic E-state index is 12.4. The van der Waals surface area contributed by atoms with E-state index in [0.29, 0.717) is 23.0 Å². The summed E-state index contributed by atoms with van der Waals surface area (Å²) in [5.41, 5.74) is 2.28. The lowest BCUT2D eigenvalue weighted by atomic mass is 9.91. The van der Waals surface area contributed by atoms with Gasteiger partial charge in [0.25, 0.3) is 11.5 Å². The molecule has 0 bridgehead atoms. The van der Waals surface area contributed by atoms with Crippen molar-refractivity contribution in [2.45, 2.75) is 38.1 Å². The Bertz CT molecular complexity index is 1190. The molecule has 0 atom stereocenters. The van der Waals surface area contributed by atoms with Crippen molar-refractivity contribution in [1.29, 1.82) is 0 Å². The summed E-state index contributed by atoms with van der Waals surface area (Å²) in [7, 11) is 1.62. The Hall–Kier alpha value is -3.26. The molecule has 2 aromatic heterocycles. The summed E-state index contributed by atoms with van der Waals surface area (Å²) in [6.45, 7) is 4.23. The van der Waals surface area contributed by atoms with Crippen LogP contribution in [0.15, 0.2) is 47.4 Å². The molecule has 8 nitrogen and oxygen atoms in total. The number of pyridine rings is 1. The number of nitrogens with one attached hydrogen (secondary N) is 2. The largest absolute Gasteiger partial charge is 0.370 e. The first-order valence-corrected chi connectivity index (χ1v) is 12.3. The Morgan fingerprint density at radius 1 is 1.06 bits per heavy atom. The lowest BCUT2D eigenvalue weighted by Gasteiger charge is -2.42. The average molecular weight is 461 g/mol. The molecule has 2 N–H and O–H groups in total. The number of hydrogen-bond donors (Lipinski definition) is 2. The number of benzene rings is 1. The number of rotatable bonds is 5. The van der Waals surface area contributed by atoms with Gasteiger partial charge in [-0.1, -0.05) is 12.1 Å². The summed E-state index contributed by atoms with van der Waals surface area (Å²) < 4.78 is 0. The normalized spacial score (nSPS) is 18.3. The number of anilines is 1. The third kappa shape index (κ3) is 4.82. The molecule has 0 aliphatic carbocycles. The van der Waals surface area contributed by atoms with Gasteiger partial charge in [-0.3, -0.25) is 9.59 Å². The monoisotopic (exact) mass is 460 g/mol. The summed E-state index contributed by atoms with van der Waals surface area (Å²) in [6.07, 6.45) is 7.21. The number of aromatic nitrogens is 3. The fourth-order valence-corrected chi connectivity index (χ4v) is 5.35. The van der Waals surface area contributed by atoms with Crippen LogP contribution in [0.3, 0.4) is 0 Å². The van der Waals surface area contributed by atoms with Crippen molar-refractivity contribution < 1.29 is 4.79 Å². The Labute approximate surface area is 199 Å². The average Bonchev–Trinajstić information content (AvgIpc) is 2.89. The molecule has 2 fully saturated rings. The van der Waals surface area contributed by atoms with Gasteiger partial charge in [-0.25, -0.2) is 9.97 Å². The molecule has 3 aromatic rings. The molecule has 4 heterocycles. The highest BCUT2D eigenvalue weighted by Gasteiger charge is 2.29. The predicted molar refractivity (Wildman–Crippen MR) is 133 cm³/mol. The van der Waals surface area contributed by atoms with Gasteiger partial charge >= 0.3 is 0 Å². The molecule has 178 valence electrons. The number of carbonyl (C=O) groups excluding carboxylic acids is 1. The topological polar surface area (TPSA) is 94.2 Å². The fraction of sp³-hybridized carbons (Fsp3) is 0.462. The van der Waals surface area contributed by atoms with Gasteiger partial charge in [0.05, 0.1) is 22.8 Å². The van der Waals surface area contributed by atoms with E-state index in [0.717, 1.165) is 75.3 Å². The Morgan fingerprint density at radius 2 is 1.82 bits per heavy atom. The smallest absolute Gasteiger partial charge is 0.269 e. The third-order valence-corrected chi connectivity index (χ3v) is 7.35. The minimum absolute atomic E-state index is 0.0386. The van der Waals surface area contributed by atoms with Crippen LogP contribution in [0, 0.1) is 5.92 Å². The summed E-state index contributed by atoms with van der Waals surface area (Å²) in [6, 6.07) is 11.9. The van der Waals surface area contributed by atoms with Gasteiger partial charge in [0.1, 0.15) is 11.5 Å². The highest BCUT2D eigenvalue weighted by Crippen LogP contribution is 2.27. The molecule has 0 radical (unpaired) electrons. The van der Waals surface area contributed by atoms with Gasteiger partial charge < -0.3 is 20.1 Å². The molecule has 2 saturated heterocycles. The molecule has 2 aliphatic heterocycles. The van der Waals surface area contributed by atoms with Crippen LogP contribution in [-0.2, 0) is 6.42 Å². The van der Waals surface area contributed by atoms with Crippen LogP contribution in [0.2, 0.25) is 0 Å². The highest BCUT2D eigenvalue weighted by atomic mass is 16.1. The maximum Gasteiger partial charge on any atom is 0.269 e. The molecular formula is C26H32N6O2. The first-order chi connectivity index (χ1) is 16.6. The van der Waals surface area contributed by atoms with Crippen molar-refractivity contribution >= 4 is 22.5 Å². The number of nitrogens with zero attached hydrogens (tertiary/aromatic N) is 4. The van der Waals surface area contributed by atoms with Crippen LogP contribution >= 0.6 is 0 Å². The second kappa shape index (κ2) is 9.93. The first kappa shape index (κ1) is 22.5. The molecule has 34 heavy (non-hydrogen) atoms. The van der Waals surface area contributed by atoms with E-state index in [-0.39, 0.29) is 11.5 Å². The maximum absolute atomic E-state index is 12.4.